The SMILES string of the molecule is CC(C)N1c2ccccc2C(C)(C)c2ccccc21.CC(C)N1c2ccccc2Oc2ccccc21.CC(C)N1c2ccccc2Sc2ccccc21.CC(C)n1c2ccccc2c2ccccc21. The van der Waals surface area contributed by atoms with Crippen LogP contribution in [0, 0.1) is 0 Å². The summed E-state index contributed by atoms with van der Waals surface area (Å²) in [7, 11) is 0. The van der Waals surface area contributed by atoms with Crippen molar-refractivity contribution in [2.75, 3.05) is 14.7 Å². The van der Waals surface area contributed by atoms with Crippen molar-refractivity contribution in [1.82, 2.24) is 4.57 Å². The highest BCUT2D eigenvalue weighted by atomic mass is 32.2. The van der Waals surface area contributed by atoms with Gasteiger partial charge < -0.3 is 24.0 Å². The lowest BCUT2D eigenvalue weighted by Crippen LogP contribution is -2.36. The van der Waals surface area contributed by atoms with Crippen LogP contribution in [-0.4, -0.2) is 22.7 Å². The number of nitrogens with zero attached hydrogens (tertiary/aromatic N) is 4. The van der Waals surface area contributed by atoms with Gasteiger partial charge in [-0.1, -0.05) is 147 Å². The molecule has 3 aliphatic heterocycles. The van der Waals surface area contributed by atoms with Crippen molar-refractivity contribution in [3.05, 3.63) is 205 Å². The van der Waals surface area contributed by atoms with E-state index in [1.165, 1.54) is 65.5 Å². The zero-order valence-corrected chi connectivity index (χ0v) is 42.7. The van der Waals surface area contributed by atoms with Gasteiger partial charge in [0.05, 0.1) is 22.7 Å². The quantitative estimate of drug-likeness (QED) is 0.175. The van der Waals surface area contributed by atoms with E-state index in [4.69, 9.17) is 4.74 Å². The second-order valence-electron chi connectivity index (χ2n) is 19.6. The van der Waals surface area contributed by atoms with Crippen molar-refractivity contribution in [2.45, 2.75) is 109 Å². The fraction of sp³-hybridized carbons (Fsp3) is 0.238. The van der Waals surface area contributed by atoms with E-state index in [2.05, 4.69) is 246 Å². The molecule has 9 aromatic rings. The smallest absolute Gasteiger partial charge is 0.151 e. The number of hydrogen-bond donors (Lipinski definition) is 0. The van der Waals surface area contributed by atoms with Crippen molar-refractivity contribution in [1.29, 1.82) is 0 Å². The van der Waals surface area contributed by atoms with Gasteiger partial charge in [-0.05, 0) is 139 Å². The fourth-order valence-corrected chi connectivity index (χ4v) is 11.4. The Bertz CT molecular complexity index is 2920. The van der Waals surface area contributed by atoms with Gasteiger partial charge in [0.25, 0.3) is 0 Å². The van der Waals surface area contributed by atoms with Crippen LogP contribution in [0.1, 0.15) is 86.4 Å². The second kappa shape index (κ2) is 20.0. The van der Waals surface area contributed by atoms with Crippen molar-refractivity contribution in [3.63, 3.8) is 0 Å². The molecule has 0 unspecified atom stereocenters. The molecule has 350 valence electrons. The number of benzene rings is 8. The molecule has 8 aromatic carbocycles. The van der Waals surface area contributed by atoms with E-state index in [0.29, 0.717) is 24.2 Å². The van der Waals surface area contributed by atoms with Gasteiger partial charge in [0.2, 0.25) is 0 Å². The maximum Gasteiger partial charge on any atom is 0.151 e. The maximum absolute atomic E-state index is 5.92. The predicted octanol–water partition coefficient (Wildman–Crippen LogP) is 18.3. The van der Waals surface area contributed by atoms with E-state index >= 15 is 0 Å². The largest absolute Gasteiger partial charge is 0.453 e. The minimum absolute atomic E-state index is 0.0680. The summed E-state index contributed by atoms with van der Waals surface area (Å²) in [5, 5.41) is 2.71. The first-order chi connectivity index (χ1) is 33.4. The average Bonchev–Trinajstić information content (AvgIpc) is 3.70. The summed E-state index contributed by atoms with van der Waals surface area (Å²) in [6.45, 7) is 22.5. The van der Waals surface area contributed by atoms with Crippen LogP contribution in [0.4, 0.5) is 34.1 Å². The predicted molar refractivity (Wildman–Crippen MR) is 297 cm³/mol. The van der Waals surface area contributed by atoms with E-state index in [-0.39, 0.29) is 5.41 Å². The number of ether oxygens (including phenoxy) is 1. The fourth-order valence-electron chi connectivity index (χ4n) is 10.3. The molecule has 0 spiro atoms. The molecule has 0 amide bonds. The molecule has 0 bridgehead atoms. The normalized spacial score (nSPS) is 13.7. The highest BCUT2D eigenvalue weighted by Crippen LogP contribution is 2.51. The Morgan fingerprint density at radius 3 is 1.09 bits per heavy atom. The Labute approximate surface area is 415 Å². The third-order valence-corrected chi connectivity index (χ3v) is 14.4. The standard InChI is InChI=1S/C18H21N.C15H15NO.C15H15NS.C15H15N/c1-13(2)19-16-11-7-5-9-14(16)18(3,4)15-10-6-8-12-17(15)19;2*1-11(2)16-12-7-3-5-9-14(12)17-15-10-6-4-8-13(15)16;1-11(2)16-14-9-5-3-7-12(14)13-8-4-6-10-15(13)16/h5-13H,1-4H3;2*3-11H,1-2H3;3-11H,1-2H3. The van der Waals surface area contributed by atoms with E-state index < -0.39 is 0 Å². The van der Waals surface area contributed by atoms with Gasteiger partial charge >= 0.3 is 0 Å². The number of anilines is 6. The molecule has 5 nitrogen and oxygen atoms in total. The minimum atomic E-state index is 0.0680. The summed E-state index contributed by atoms with van der Waals surface area (Å²) in [5.74, 6) is 1.86. The molecule has 1 aromatic heterocycles. The molecule has 0 saturated carbocycles. The van der Waals surface area contributed by atoms with E-state index in [9.17, 15) is 0 Å². The number of hydrogen-bond acceptors (Lipinski definition) is 5. The summed E-state index contributed by atoms with van der Waals surface area (Å²) in [6, 6.07) is 70.3. The molecule has 0 fully saturated rings. The molecule has 4 heterocycles. The summed E-state index contributed by atoms with van der Waals surface area (Å²) >= 11 is 1.86. The Morgan fingerprint density at radius 1 is 0.348 bits per heavy atom. The molecule has 0 N–H and O–H groups in total. The lowest BCUT2D eigenvalue weighted by molar-refractivity contribution is 0.469. The highest BCUT2D eigenvalue weighted by molar-refractivity contribution is 7.99. The first-order valence-corrected chi connectivity index (χ1v) is 25.4. The first kappa shape index (κ1) is 47.2. The number of para-hydroxylation sites is 10. The number of fused-ring (bicyclic) bond motifs is 9. The van der Waals surface area contributed by atoms with Gasteiger partial charge in [0.15, 0.2) is 11.5 Å². The summed E-state index contributed by atoms with van der Waals surface area (Å²) in [6.07, 6.45) is 0. The third kappa shape index (κ3) is 9.11. The molecule has 0 aliphatic carbocycles. The highest BCUT2D eigenvalue weighted by Gasteiger charge is 2.36. The Hall–Kier alpha value is -6.89. The van der Waals surface area contributed by atoms with Crippen LogP contribution in [-0.2, 0) is 5.41 Å². The van der Waals surface area contributed by atoms with Crippen LogP contribution < -0.4 is 19.4 Å². The molecule has 3 aliphatic rings. The van der Waals surface area contributed by atoms with Gasteiger partial charge in [-0.15, -0.1) is 0 Å². The molecule has 0 radical (unpaired) electrons. The van der Waals surface area contributed by atoms with Crippen LogP contribution in [0.5, 0.6) is 11.5 Å². The topological polar surface area (TPSA) is 23.9 Å². The molecule has 69 heavy (non-hydrogen) atoms. The van der Waals surface area contributed by atoms with Crippen molar-refractivity contribution in [3.8, 4) is 11.5 Å². The average molecular weight is 927 g/mol. The number of rotatable bonds is 4. The zero-order valence-electron chi connectivity index (χ0n) is 41.9. The number of aromatic nitrogens is 1. The molecule has 0 atom stereocenters. The van der Waals surface area contributed by atoms with Crippen LogP contribution >= 0.6 is 11.8 Å². The Balaban J connectivity index is 0.000000115. The molecule has 12 rings (SSSR count). The van der Waals surface area contributed by atoms with Crippen molar-refractivity contribution < 1.29 is 4.74 Å². The maximum atomic E-state index is 5.92. The summed E-state index contributed by atoms with van der Waals surface area (Å²) in [5.41, 5.74) is 13.2. The molecule has 6 heteroatoms. The van der Waals surface area contributed by atoms with Gasteiger partial charge in [-0.25, -0.2) is 0 Å². The lowest BCUT2D eigenvalue weighted by atomic mass is 9.73. The van der Waals surface area contributed by atoms with E-state index in [1.54, 1.807) is 0 Å². The first-order valence-electron chi connectivity index (χ1n) is 24.6. The van der Waals surface area contributed by atoms with Crippen LogP contribution in [0.15, 0.2) is 204 Å². The van der Waals surface area contributed by atoms with Gasteiger partial charge in [0.1, 0.15) is 0 Å². The molecule has 0 saturated heterocycles. The van der Waals surface area contributed by atoms with Gasteiger partial charge in [-0.2, -0.15) is 0 Å². The van der Waals surface area contributed by atoms with Crippen molar-refractivity contribution in [2.24, 2.45) is 0 Å². The summed E-state index contributed by atoms with van der Waals surface area (Å²) < 4.78 is 8.32. The zero-order chi connectivity index (χ0) is 48.4. The second-order valence-corrected chi connectivity index (χ2v) is 20.7. The Kier molecular flexibility index (Phi) is 13.7. The Morgan fingerprint density at radius 2 is 0.667 bits per heavy atom. The molecular weight excluding hydrogens is 861 g/mol. The van der Waals surface area contributed by atoms with Crippen LogP contribution in [0.3, 0.4) is 0 Å². The lowest BCUT2D eigenvalue weighted by Gasteiger charge is -2.43. The van der Waals surface area contributed by atoms with Gasteiger partial charge in [-0.3, -0.25) is 0 Å². The van der Waals surface area contributed by atoms with E-state index in [1.807, 2.05) is 48.2 Å². The minimum Gasteiger partial charge on any atom is -0.453 e. The monoisotopic (exact) mass is 926 g/mol. The van der Waals surface area contributed by atoms with Gasteiger partial charge in [0, 0.05) is 72.6 Å². The molecular formula is C63H66N4OS. The van der Waals surface area contributed by atoms with Crippen molar-refractivity contribution >= 4 is 67.7 Å². The van der Waals surface area contributed by atoms with Crippen LogP contribution in [0.2, 0.25) is 0 Å². The van der Waals surface area contributed by atoms with E-state index in [0.717, 1.165) is 22.9 Å². The third-order valence-electron chi connectivity index (χ3n) is 13.3. The van der Waals surface area contributed by atoms with Crippen LogP contribution in [0.25, 0.3) is 21.8 Å². The summed E-state index contributed by atoms with van der Waals surface area (Å²) in [4.78, 5) is 9.88.